The molecule has 68 valence electrons. The number of hydrogen-bond acceptors (Lipinski definition) is 2. The van der Waals surface area contributed by atoms with Gasteiger partial charge in [0.2, 0.25) is 0 Å². The van der Waals surface area contributed by atoms with Gasteiger partial charge in [-0.2, -0.15) is 0 Å². The van der Waals surface area contributed by atoms with Crippen LogP contribution in [0.2, 0.25) is 0 Å². The summed E-state index contributed by atoms with van der Waals surface area (Å²) in [5.41, 5.74) is 0.374. The van der Waals surface area contributed by atoms with Gasteiger partial charge >= 0.3 is 0 Å². The fraction of sp³-hybridized carbons (Fsp3) is 0.111. The molecule has 0 bridgehead atoms. The van der Waals surface area contributed by atoms with Crippen LogP contribution in [0.1, 0.15) is 5.56 Å². The van der Waals surface area contributed by atoms with Crippen molar-refractivity contribution in [2.75, 3.05) is 0 Å². The Labute approximate surface area is 92.3 Å². The number of benzene rings is 1. The van der Waals surface area contributed by atoms with E-state index in [1.807, 2.05) is 34.0 Å². The van der Waals surface area contributed by atoms with Gasteiger partial charge in [0, 0.05) is 15.6 Å². The Kier molecular flexibility index (Phi) is 2.53. The zero-order chi connectivity index (χ0) is 9.42. The van der Waals surface area contributed by atoms with Crippen LogP contribution in [0.25, 0.3) is 10.1 Å². The lowest BCUT2D eigenvalue weighted by molar-refractivity contribution is 0.276. The third kappa shape index (κ3) is 1.47. The molecule has 0 saturated carbocycles. The van der Waals surface area contributed by atoms with E-state index in [1.54, 1.807) is 17.4 Å². The van der Waals surface area contributed by atoms with Crippen LogP contribution in [0.15, 0.2) is 17.5 Å². The molecule has 0 aliphatic rings. The normalized spacial score (nSPS) is 11.0. The summed E-state index contributed by atoms with van der Waals surface area (Å²) < 4.78 is 15.1. The Morgan fingerprint density at radius 3 is 3.00 bits per heavy atom. The second kappa shape index (κ2) is 3.51. The van der Waals surface area contributed by atoms with Crippen molar-refractivity contribution in [1.29, 1.82) is 0 Å². The Hall–Kier alpha value is -0.200. The highest BCUT2D eigenvalue weighted by Crippen LogP contribution is 2.29. The monoisotopic (exact) mass is 308 g/mol. The average molecular weight is 308 g/mol. The molecule has 1 aromatic carbocycles. The maximum atomic E-state index is 13.4. The molecule has 1 N–H and O–H groups in total. The summed E-state index contributed by atoms with van der Waals surface area (Å²) in [5.74, 6) is -0.297. The summed E-state index contributed by atoms with van der Waals surface area (Å²) in [7, 11) is 0. The van der Waals surface area contributed by atoms with Gasteiger partial charge in [0.1, 0.15) is 5.82 Å². The second-order valence-electron chi connectivity index (χ2n) is 2.65. The molecule has 0 amide bonds. The molecule has 1 nitrogen and oxygen atoms in total. The SMILES string of the molecule is OCc1cc2sccc2c(I)c1F. The smallest absolute Gasteiger partial charge is 0.142 e. The summed E-state index contributed by atoms with van der Waals surface area (Å²) in [6.07, 6.45) is 0. The van der Waals surface area contributed by atoms with Crippen molar-refractivity contribution in [3.05, 3.63) is 32.5 Å². The van der Waals surface area contributed by atoms with Gasteiger partial charge in [0.15, 0.2) is 0 Å². The molecule has 2 aromatic rings. The third-order valence-electron chi connectivity index (χ3n) is 1.88. The molecule has 13 heavy (non-hydrogen) atoms. The number of halogens is 2. The number of rotatable bonds is 1. The topological polar surface area (TPSA) is 20.2 Å². The summed E-state index contributed by atoms with van der Waals surface area (Å²) in [4.78, 5) is 0. The van der Waals surface area contributed by atoms with Crippen LogP contribution < -0.4 is 0 Å². The van der Waals surface area contributed by atoms with E-state index in [1.165, 1.54) is 0 Å². The van der Waals surface area contributed by atoms with Crippen LogP contribution in [0, 0.1) is 9.39 Å². The minimum Gasteiger partial charge on any atom is -0.392 e. The van der Waals surface area contributed by atoms with Crippen LogP contribution >= 0.6 is 33.9 Å². The molecule has 0 aliphatic carbocycles. The van der Waals surface area contributed by atoms with E-state index in [0.29, 0.717) is 9.13 Å². The van der Waals surface area contributed by atoms with Gasteiger partial charge in [0.25, 0.3) is 0 Å². The molecule has 1 aromatic heterocycles. The lowest BCUT2D eigenvalue weighted by Crippen LogP contribution is -1.92. The van der Waals surface area contributed by atoms with E-state index in [2.05, 4.69) is 0 Å². The lowest BCUT2D eigenvalue weighted by Gasteiger charge is -2.02. The first-order chi connectivity index (χ1) is 6.24. The number of aliphatic hydroxyl groups excluding tert-OH is 1. The van der Waals surface area contributed by atoms with Crippen LogP contribution in [-0.4, -0.2) is 5.11 Å². The number of aliphatic hydroxyl groups is 1. The summed E-state index contributed by atoms with van der Waals surface area (Å²) in [5, 5.41) is 11.8. The van der Waals surface area contributed by atoms with E-state index in [9.17, 15) is 4.39 Å². The zero-order valence-electron chi connectivity index (χ0n) is 6.55. The van der Waals surface area contributed by atoms with Crippen molar-refractivity contribution >= 4 is 44.0 Å². The quantitative estimate of drug-likeness (QED) is 0.803. The van der Waals surface area contributed by atoms with Crippen LogP contribution in [0.3, 0.4) is 0 Å². The van der Waals surface area contributed by atoms with Crippen molar-refractivity contribution in [3.63, 3.8) is 0 Å². The largest absolute Gasteiger partial charge is 0.392 e. The predicted molar refractivity (Wildman–Crippen MR) is 60.4 cm³/mol. The Morgan fingerprint density at radius 1 is 1.54 bits per heavy atom. The first kappa shape index (κ1) is 9.36. The van der Waals surface area contributed by atoms with Crippen LogP contribution in [-0.2, 0) is 6.61 Å². The minimum absolute atomic E-state index is 0.240. The first-order valence-corrected chi connectivity index (χ1v) is 5.65. The van der Waals surface area contributed by atoms with Gasteiger partial charge < -0.3 is 5.11 Å². The minimum atomic E-state index is -0.297. The number of fused-ring (bicyclic) bond motifs is 1. The Morgan fingerprint density at radius 2 is 2.31 bits per heavy atom. The zero-order valence-corrected chi connectivity index (χ0v) is 9.52. The van der Waals surface area contributed by atoms with Crippen molar-refractivity contribution in [2.45, 2.75) is 6.61 Å². The highest BCUT2D eigenvalue weighted by Gasteiger charge is 2.10. The van der Waals surface area contributed by atoms with Crippen molar-refractivity contribution in [1.82, 2.24) is 0 Å². The molecule has 0 saturated heterocycles. The van der Waals surface area contributed by atoms with Crippen molar-refractivity contribution in [3.8, 4) is 0 Å². The fourth-order valence-corrected chi connectivity index (χ4v) is 3.07. The molecule has 1 heterocycles. The number of hydrogen-bond donors (Lipinski definition) is 1. The van der Waals surface area contributed by atoms with Gasteiger partial charge in [-0.15, -0.1) is 11.3 Å². The van der Waals surface area contributed by atoms with Gasteiger partial charge in [-0.1, -0.05) is 0 Å². The van der Waals surface area contributed by atoms with E-state index in [0.717, 1.165) is 10.1 Å². The highest BCUT2D eigenvalue weighted by molar-refractivity contribution is 14.1. The Balaban J connectivity index is 2.83. The van der Waals surface area contributed by atoms with E-state index in [-0.39, 0.29) is 12.4 Å². The molecule has 4 heteroatoms. The predicted octanol–water partition coefficient (Wildman–Crippen LogP) is 3.14. The maximum absolute atomic E-state index is 13.4. The molecule has 2 rings (SSSR count). The van der Waals surface area contributed by atoms with Crippen LogP contribution in [0.5, 0.6) is 0 Å². The maximum Gasteiger partial charge on any atom is 0.142 e. The van der Waals surface area contributed by atoms with Crippen molar-refractivity contribution in [2.24, 2.45) is 0 Å². The molecular formula is C9H6FIOS. The van der Waals surface area contributed by atoms with Gasteiger partial charge in [-0.05, 0) is 40.1 Å². The van der Waals surface area contributed by atoms with E-state index >= 15 is 0 Å². The average Bonchev–Trinajstić information content (AvgIpc) is 2.59. The Bertz CT molecular complexity index is 452. The molecule has 0 aliphatic heterocycles. The third-order valence-corrected chi connectivity index (χ3v) is 3.80. The highest BCUT2D eigenvalue weighted by atomic mass is 127. The van der Waals surface area contributed by atoms with E-state index in [4.69, 9.17) is 5.11 Å². The van der Waals surface area contributed by atoms with Crippen LogP contribution in [0.4, 0.5) is 4.39 Å². The van der Waals surface area contributed by atoms with Gasteiger partial charge in [0.05, 0.1) is 10.2 Å². The van der Waals surface area contributed by atoms with Gasteiger partial charge in [-0.3, -0.25) is 0 Å². The first-order valence-electron chi connectivity index (χ1n) is 3.69. The summed E-state index contributed by atoms with van der Waals surface area (Å²) in [6.45, 7) is -0.240. The number of thiophene rings is 1. The summed E-state index contributed by atoms with van der Waals surface area (Å²) in [6, 6.07) is 3.60. The second-order valence-corrected chi connectivity index (χ2v) is 4.68. The van der Waals surface area contributed by atoms with Crippen molar-refractivity contribution < 1.29 is 9.50 Å². The molecule has 0 atom stereocenters. The molecule has 0 radical (unpaired) electrons. The van der Waals surface area contributed by atoms with E-state index < -0.39 is 0 Å². The molecule has 0 unspecified atom stereocenters. The molecule has 0 fully saturated rings. The standard InChI is InChI=1S/C9H6FIOS/c10-8-5(4-12)3-7-6(9(8)11)1-2-13-7/h1-3,12H,4H2. The fourth-order valence-electron chi connectivity index (χ4n) is 1.21. The molecule has 0 spiro atoms. The summed E-state index contributed by atoms with van der Waals surface area (Å²) >= 11 is 3.53. The lowest BCUT2D eigenvalue weighted by atomic mass is 10.2. The van der Waals surface area contributed by atoms with Gasteiger partial charge in [-0.25, -0.2) is 4.39 Å². The molecular weight excluding hydrogens is 302 g/mol.